The smallest absolute Gasteiger partial charge is 0.247 e. The summed E-state index contributed by atoms with van der Waals surface area (Å²) in [5.74, 6) is 0.326. The normalized spacial score (nSPS) is 17.2. The molecule has 1 saturated heterocycles. The van der Waals surface area contributed by atoms with Crippen LogP contribution in [0.3, 0.4) is 0 Å². The van der Waals surface area contributed by atoms with Gasteiger partial charge in [0.1, 0.15) is 6.04 Å². The number of thiophene rings is 1. The first-order chi connectivity index (χ1) is 11.2. The Morgan fingerprint density at radius 3 is 2.78 bits per heavy atom. The number of amides is 2. The third-order valence-electron chi connectivity index (χ3n) is 3.75. The van der Waals surface area contributed by atoms with Crippen molar-refractivity contribution < 1.29 is 9.59 Å². The van der Waals surface area contributed by atoms with E-state index in [-0.39, 0.29) is 17.9 Å². The number of hydrogen-bond acceptors (Lipinski definition) is 4. The molecule has 6 heteroatoms. The second kappa shape index (κ2) is 7.66. The molecule has 0 spiro atoms. The number of likely N-dealkylation sites (tertiary alicyclic amines) is 1. The Hall–Kier alpha value is -1.79. The van der Waals surface area contributed by atoms with Crippen molar-refractivity contribution in [2.75, 3.05) is 17.6 Å². The van der Waals surface area contributed by atoms with E-state index in [9.17, 15) is 9.59 Å². The first kappa shape index (κ1) is 16.1. The van der Waals surface area contributed by atoms with Crippen LogP contribution in [0, 0.1) is 0 Å². The quantitative estimate of drug-likeness (QED) is 0.844. The van der Waals surface area contributed by atoms with Crippen molar-refractivity contribution in [3.05, 3.63) is 47.8 Å². The van der Waals surface area contributed by atoms with Crippen LogP contribution in [0.25, 0.3) is 0 Å². The molecule has 1 unspecified atom stereocenters. The van der Waals surface area contributed by atoms with Crippen molar-refractivity contribution in [3.8, 4) is 0 Å². The average molecular weight is 346 g/mol. The van der Waals surface area contributed by atoms with E-state index in [0.29, 0.717) is 12.3 Å². The summed E-state index contributed by atoms with van der Waals surface area (Å²) in [4.78, 5) is 26.6. The molecule has 0 bridgehead atoms. The predicted octanol–water partition coefficient (Wildman–Crippen LogP) is 3.47. The molecule has 23 heavy (non-hydrogen) atoms. The van der Waals surface area contributed by atoms with Crippen LogP contribution in [0.2, 0.25) is 0 Å². The minimum absolute atomic E-state index is 0.0362. The maximum atomic E-state index is 12.5. The van der Waals surface area contributed by atoms with Crippen molar-refractivity contribution >= 4 is 40.6 Å². The molecule has 0 saturated carbocycles. The molecule has 1 aromatic heterocycles. The van der Waals surface area contributed by atoms with Crippen molar-refractivity contribution in [1.82, 2.24) is 4.90 Å². The number of nitrogens with zero attached hydrogens (tertiary/aromatic N) is 1. The minimum atomic E-state index is -0.355. The van der Waals surface area contributed by atoms with E-state index >= 15 is 0 Å². The van der Waals surface area contributed by atoms with Gasteiger partial charge in [0.2, 0.25) is 11.8 Å². The van der Waals surface area contributed by atoms with Gasteiger partial charge in [-0.25, -0.2) is 0 Å². The highest BCUT2D eigenvalue weighted by Crippen LogP contribution is 2.26. The van der Waals surface area contributed by atoms with Crippen molar-refractivity contribution in [2.24, 2.45) is 0 Å². The number of rotatable bonds is 5. The molecule has 2 heterocycles. The minimum Gasteiger partial charge on any atom is -0.330 e. The van der Waals surface area contributed by atoms with Gasteiger partial charge in [-0.3, -0.25) is 9.59 Å². The monoisotopic (exact) mass is 346 g/mol. The highest BCUT2D eigenvalue weighted by molar-refractivity contribution is 8.01. The Bertz CT molecular complexity index is 658. The summed E-state index contributed by atoms with van der Waals surface area (Å²) in [6, 6.07) is 13.0. The molecule has 1 fully saturated rings. The topological polar surface area (TPSA) is 49.4 Å². The maximum absolute atomic E-state index is 12.5. The molecule has 1 N–H and O–H groups in total. The highest BCUT2D eigenvalue weighted by atomic mass is 32.2. The largest absolute Gasteiger partial charge is 0.330 e. The van der Waals surface area contributed by atoms with Crippen LogP contribution in [0.1, 0.15) is 12.8 Å². The lowest BCUT2D eigenvalue weighted by atomic mass is 10.2. The predicted molar refractivity (Wildman–Crippen MR) is 94.8 cm³/mol. The summed E-state index contributed by atoms with van der Waals surface area (Å²) in [5.41, 5.74) is 0.768. The number of nitrogens with one attached hydrogen (secondary N) is 1. The average Bonchev–Trinajstić information content (AvgIpc) is 3.25. The summed E-state index contributed by atoms with van der Waals surface area (Å²) >= 11 is 3.16. The Labute approximate surface area is 143 Å². The molecule has 1 atom stereocenters. The van der Waals surface area contributed by atoms with Gasteiger partial charge in [0.15, 0.2) is 0 Å². The van der Waals surface area contributed by atoms with Crippen molar-refractivity contribution in [1.29, 1.82) is 0 Å². The lowest BCUT2D eigenvalue weighted by Gasteiger charge is -2.23. The zero-order chi connectivity index (χ0) is 16.1. The molecule has 2 amide bonds. The number of carbonyl (C=O) groups excluding carboxylic acids is 2. The number of hydrogen-bond donors (Lipinski definition) is 1. The number of anilines is 1. The standard InChI is InChI=1S/C17H18N2O2S2/c20-15(12-23-16-9-5-11-22-16)19-10-4-8-14(19)17(21)18-13-6-2-1-3-7-13/h1-3,5-7,9,11,14H,4,8,10,12H2,(H,18,21). The zero-order valence-corrected chi connectivity index (χ0v) is 14.2. The number of carbonyl (C=O) groups is 2. The summed E-state index contributed by atoms with van der Waals surface area (Å²) in [6.07, 6.45) is 1.61. The van der Waals surface area contributed by atoms with Crippen LogP contribution in [0.15, 0.2) is 52.1 Å². The van der Waals surface area contributed by atoms with Crippen LogP contribution in [-0.2, 0) is 9.59 Å². The number of thioether (sulfide) groups is 1. The SMILES string of the molecule is O=C(Nc1ccccc1)C1CCCN1C(=O)CSc1cccs1. The Balaban J connectivity index is 1.58. The van der Waals surface area contributed by atoms with Gasteiger partial charge in [-0.05, 0) is 36.4 Å². The van der Waals surface area contributed by atoms with Gasteiger partial charge in [-0.15, -0.1) is 23.1 Å². The summed E-state index contributed by atoms with van der Waals surface area (Å²) in [6.45, 7) is 0.663. The molecule has 4 nitrogen and oxygen atoms in total. The van der Waals surface area contributed by atoms with Crippen LogP contribution < -0.4 is 5.32 Å². The van der Waals surface area contributed by atoms with E-state index in [2.05, 4.69) is 5.32 Å². The molecule has 0 radical (unpaired) electrons. The van der Waals surface area contributed by atoms with E-state index in [1.807, 2.05) is 47.8 Å². The van der Waals surface area contributed by atoms with E-state index < -0.39 is 0 Å². The van der Waals surface area contributed by atoms with Gasteiger partial charge >= 0.3 is 0 Å². The first-order valence-electron chi connectivity index (χ1n) is 7.56. The second-order valence-electron chi connectivity index (χ2n) is 5.32. The van der Waals surface area contributed by atoms with E-state index in [1.165, 1.54) is 11.8 Å². The Kier molecular flexibility index (Phi) is 5.35. The maximum Gasteiger partial charge on any atom is 0.247 e. The zero-order valence-electron chi connectivity index (χ0n) is 12.6. The van der Waals surface area contributed by atoms with Crippen LogP contribution in [-0.4, -0.2) is 35.1 Å². The fourth-order valence-electron chi connectivity index (χ4n) is 2.65. The van der Waals surface area contributed by atoms with Crippen molar-refractivity contribution in [3.63, 3.8) is 0 Å². The fourth-order valence-corrected chi connectivity index (χ4v) is 4.32. The van der Waals surface area contributed by atoms with E-state index in [0.717, 1.165) is 22.7 Å². The van der Waals surface area contributed by atoms with Gasteiger partial charge in [0, 0.05) is 12.2 Å². The number of benzene rings is 1. The molecular formula is C17H18N2O2S2. The third kappa shape index (κ3) is 4.14. The van der Waals surface area contributed by atoms with Crippen molar-refractivity contribution in [2.45, 2.75) is 23.1 Å². The summed E-state index contributed by atoms with van der Waals surface area (Å²) < 4.78 is 1.13. The van der Waals surface area contributed by atoms with E-state index in [1.54, 1.807) is 16.2 Å². The van der Waals surface area contributed by atoms with E-state index in [4.69, 9.17) is 0 Å². The fraction of sp³-hybridized carbons (Fsp3) is 0.294. The van der Waals surface area contributed by atoms with Crippen LogP contribution in [0.5, 0.6) is 0 Å². The molecule has 1 aliphatic rings. The molecule has 1 aromatic carbocycles. The van der Waals surface area contributed by atoms with Gasteiger partial charge in [0.05, 0.1) is 9.96 Å². The first-order valence-corrected chi connectivity index (χ1v) is 9.42. The lowest BCUT2D eigenvalue weighted by molar-refractivity contribution is -0.134. The van der Waals surface area contributed by atoms with Gasteiger partial charge in [-0.1, -0.05) is 24.3 Å². The molecule has 3 rings (SSSR count). The Morgan fingerprint density at radius 2 is 2.04 bits per heavy atom. The van der Waals surface area contributed by atoms with Crippen LogP contribution in [0.4, 0.5) is 5.69 Å². The third-order valence-corrected chi connectivity index (χ3v) is 5.87. The molecule has 0 aliphatic carbocycles. The Morgan fingerprint density at radius 1 is 1.22 bits per heavy atom. The molecule has 120 valence electrons. The molecule has 1 aliphatic heterocycles. The van der Waals surface area contributed by atoms with Crippen LogP contribution >= 0.6 is 23.1 Å². The van der Waals surface area contributed by atoms with Gasteiger partial charge in [0.25, 0.3) is 0 Å². The lowest BCUT2D eigenvalue weighted by Crippen LogP contribution is -2.43. The summed E-state index contributed by atoms with van der Waals surface area (Å²) in [5, 5.41) is 4.90. The highest BCUT2D eigenvalue weighted by Gasteiger charge is 2.33. The molecule has 2 aromatic rings. The van der Waals surface area contributed by atoms with Gasteiger partial charge < -0.3 is 10.2 Å². The second-order valence-corrected chi connectivity index (χ2v) is 7.54. The van der Waals surface area contributed by atoms with Gasteiger partial charge in [-0.2, -0.15) is 0 Å². The molecular weight excluding hydrogens is 328 g/mol. The number of para-hydroxylation sites is 1. The summed E-state index contributed by atoms with van der Waals surface area (Å²) in [7, 11) is 0.